The van der Waals surface area contributed by atoms with Gasteiger partial charge in [0.05, 0.1) is 11.0 Å². The number of carbonyl (C=O) groups excluding carboxylic acids is 2. The lowest BCUT2D eigenvalue weighted by Gasteiger charge is -2.31. The van der Waals surface area contributed by atoms with E-state index >= 15 is 0 Å². The van der Waals surface area contributed by atoms with Crippen LogP contribution in [-0.2, 0) is 17.8 Å². The molecule has 0 aliphatic carbocycles. The minimum Gasteiger partial charge on any atom is -0.339 e. The molecular formula is C24H27N5O2. The summed E-state index contributed by atoms with van der Waals surface area (Å²) in [6.07, 6.45) is 9.26. The van der Waals surface area contributed by atoms with Crippen molar-refractivity contribution in [2.75, 3.05) is 18.4 Å². The Kier molecular flexibility index (Phi) is 5.40. The van der Waals surface area contributed by atoms with Crippen molar-refractivity contribution in [1.82, 2.24) is 19.4 Å². The molecule has 0 saturated carbocycles. The Labute approximate surface area is 181 Å². The summed E-state index contributed by atoms with van der Waals surface area (Å²) in [6.45, 7) is 2.20. The van der Waals surface area contributed by atoms with Gasteiger partial charge in [0, 0.05) is 55.6 Å². The van der Waals surface area contributed by atoms with Gasteiger partial charge in [-0.2, -0.15) is 0 Å². The number of hydrogen-bond donors (Lipinski definition) is 1. The molecule has 1 aromatic carbocycles. The Morgan fingerprint density at radius 1 is 0.968 bits per heavy atom. The Bertz CT molecular complexity index is 1100. The van der Waals surface area contributed by atoms with Crippen molar-refractivity contribution < 1.29 is 9.59 Å². The fraction of sp³-hybridized carbons (Fsp3) is 0.417. The van der Waals surface area contributed by atoms with Crippen molar-refractivity contribution in [3.8, 4) is 0 Å². The van der Waals surface area contributed by atoms with Gasteiger partial charge in [-0.1, -0.05) is 6.42 Å². The van der Waals surface area contributed by atoms with Gasteiger partial charge in [-0.15, -0.1) is 0 Å². The zero-order chi connectivity index (χ0) is 21.2. The highest BCUT2D eigenvalue weighted by atomic mass is 16.2. The Morgan fingerprint density at radius 3 is 2.58 bits per heavy atom. The molecule has 7 nitrogen and oxygen atoms in total. The van der Waals surface area contributed by atoms with Crippen LogP contribution in [0.5, 0.6) is 0 Å². The van der Waals surface area contributed by atoms with Crippen LogP contribution in [0.2, 0.25) is 0 Å². The third-order valence-electron chi connectivity index (χ3n) is 6.46. The predicted molar refractivity (Wildman–Crippen MR) is 119 cm³/mol. The molecule has 4 heterocycles. The van der Waals surface area contributed by atoms with Crippen molar-refractivity contribution in [2.45, 2.75) is 45.1 Å². The summed E-state index contributed by atoms with van der Waals surface area (Å²) >= 11 is 0. The second-order valence-electron chi connectivity index (χ2n) is 8.49. The Balaban J connectivity index is 1.22. The number of aryl methyl sites for hydroxylation is 2. The SMILES string of the molecule is O=C(Nc1ccc2c(c1)nc1n2CCCCC1)C1CCN(C(=O)c2ccncc2)CC1. The normalized spacial score (nSPS) is 17.2. The summed E-state index contributed by atoms with van der Waals surface area (Å²) < 4.78 is 2.32. The molecule has 5 rings (SSSR count). The number of pyridine rings is 1. The number of rotatable bonds is 3. The quantitative estimate of drug-likeness (QED) is 0.705. The topological polar surface area (TPSA) is 80.1 Å². The summed E-state index contributed by atoms with van der Waals surface area (Å²) in [7, 11) is 0. The van der Waals surface area contributed by atoms with Crippen molar-refractivity contribution in [1.29, 1.82) is 0 Å². The van der Waals surface area contributed by atoms with E-state index < -0.39 is 0 Å². The molecule has 1 fully saturated rings. The first kappa shape index (κ1) is 19.7. The average Bonchev–Trinajstić information content (AvgIpc) is 2.98. The molecule has 1 N–H and O–H groups in total. The highest BCUT2D eigenvalue weighted by molar-refractivity contribution is 5.96. The maximum Gasteiger partial charge on any atom is 0.253 e. The maximum absolute atomic E-state index is 12.8. The maximum atomic E-state index is 12.8. The van der Waals surface area contributed by atoms with E-state index in [0.717, 1.165) is 35.5 Å². The summed E-state index contributed by atoms with van der Waals surface area (Å²) in [5.41, 5.74) is 3.54. The van der Waals surface area contributed by atoms with Crippen LogP contribution >= 0.6 is 0 Å². The lowest BCUT2D eigenvalue weighted by molar-refractivity contribution is -0.121. The first-order chi connectivity index (χ1) is 15.2. The number of fused-ring (bicyclic) bond motifs is 3. The average molecular weight is 418 g/mol. The molecule has 2 amide bonds. The number of piperidine rings is 1. The molecule has 31 heavy (non-hydrogen) atoms. The number of hydrogen-bond acceptors (Lipinski definition) is 4. The van der Waals surface area contributed by atoms with E-state index in [9.17, 15) is 9.59 Å². The molecule has 2 aromatic heterocycles. The molecule has 2 aliphatic rings. The molecule has 0 bridgehead atoms. The van der Waals surface area contributed by atoms with Crippen LogP contribution in [-0.4, -0.2) is 44.3 Å². The van der Waals surface area contributed by atoms with Gasteiger partial charge in [-0.05, 0) is 56.0 Å². The third-order valence-corrected chi connectivity index (χ3v) is 6.46. The van der Waals surface area contributed by atoms with Gasteiger partial charge in [0.15, 0.2) is 0 Å². The molecule has 3 aromatic rings. The van der Waals surface area contributed by atoms with Crippen LogP contribution in [0.4, 0.5) is 5.69 Å². The number of imidazole rings is 1. The van der Waals surface area contributed by atoms with E-state index in [1.54, 1.807) is 24.5 Å². The van der Waals surface area contributed by atoms with E-state index in [0.29, 0.717) is 31.5 Å². The fourth-order valence-corrected chi connectivity index (χ4v) is 4.69. The lowest BCUT2D eigenvalue weighted by Crippen LogP contribution is -2.41. The number of aromatic nitrogens is 3. The Morgan fingerprint density at radius 2 is 1.77 bits per heavy atom. The molecule has 0 radical (unpaired) electrons. The number of anilines is 1. The van der Waals surface area contributed by atoms with E-state index in [4.69, 9.17) is 4.98 Å². The first-order valence-corrected chi connectivity index (χ1v) is 11.2. The largest absolute Gasteiger partial charge is 0.339 e. The summed E-state index contributed by atoms with van der Waals surface area (Å²) in [5, 5.41) is 3.07. The van der Waals surface area contributed by atoms with Crippen LogP contribution in [0.3, 0.4) is 0 Å². The number of benzene rings is 1. The zero-order valence-electron chi connectivity index (χ0n) is 17.6. The van der Waals surface area contributed by atoms with Crippen molar-refractivity contribution in [3.05, 3.63) is 54.1 Å². The second-order valence-corrected chi connectivity index (χ2v) is 8.49. The first-order valence-electron chi connectivity index (χ1n) is 11.2. The molecule has 2 aliphatic heterocycles. The van der Waals surface area contributed by atoms with Crippen LogP contribution in [0.25, 0.3) is 11.0 Å². The summed E-state index contributed by atoms with van der Waals surface area (Å²) in [5.74, 6) is 1.10. The third kappa shape index (κ3) is 4.04. The van der Waals surface area contributed by atoms with Gasteiger partial charge in [-0.3, -0.25) is 14.6 Å². The van der Waals surface area contributed by atoms with E-state index in [-0.39, 0.29) is 17.7 Å². The highest BCUT2D eigenvalue weighted by Gasteiger charge is 2.28. The standard InChI is InChI=1S/C24H27N5O2/c30-23(17-9-14-28(15-10-17)24(31)18-7-11-25-12-8-18)26-19-5-6-21-20(16-19)27-22-4-2-1-3-13-29(21)22/h5-8,11-12,16-17H,1-4,9-10,13-15H2,(H,26,30). The second kappa shape index (κ2) is 8.49. The molecular weight excluding hydrogens is 390 g/mol. The van der Waals surface area contributed by atoms with Gasteiger partial charge >= 0.3 is 0 Å². The smallest absolute Gasteiger partial charge is 0.253 e. The number of nitrogens with one attached hydrogen (secondary N) is 1. The van der Waals surface area contributed by atoms with Crippen LogP contribution < -0.4 is 5.32 Å². The zero-order valence-corrected chi connectivity index (χ0v) is 17.6. The molecule has 7 heteroatoms. The van der Waals surface area contributed by atoms with E-state index in [1.807, 2.05) is 17.0 Å². The number of nitrogens with zero attached hydrogens (tertiary/aromatic N) is 4. The number of amides is 2. The van der Waals surface area contributed by atoms with E-state index in [1.165, 1.54) is 19.3 Å². The summed E-state index contributed by atoms with van der Waals surface area (Å²) in [6, 6.07) is 9.49. The lowest BCUT2D eigenvalue weighted by atomic mass is 9.95. The minimum absolute atomic E-state index is 0.00580. The van der Waals surface area contributed by atoms with Crippen molar-refractivity contribution >= 4 is 28.5 Å². The van der Waals surface area contributed by atoms with Crippen LogP contribution in [0, 0.1) is 5.92 Å². The highest BCUT2D eigenvalue weighted by Crippen LogP contribution is 2.26. The van der Waals surface area contributed by atoms with Gasteiger partial charge in [0.1, 0.15) is 5.82 Å². The van der Waals surface area contributed by atoms with Gasteiger partial charge in [-0.25, -0.2) is 4.98 Å². The monoisotopic (exact) mass is 417 g/mol. The van der Waals surface area contributed by atoms with Gasteiger partial charge < -0.3 is 14.8 Å². The van der Waals surface area contributed by atoms with Crippen molar-refractivity contribution in [3.63, 3.8) is 0 Å². The number of carbonyl (C=O) groups is 2. The number of likely N-dealkylation sites (tertiary alicyclic amines) is 1. The molecule has 0 atom stereocenters. The Hall–Kier alpha value is -3.22. The molecule has 0 unspecified atom stereocenters. The van der Waals surface area contributed by atoms with E-state index in [2.05, 4.69) is 20.9 Å². The van der Waals surface area contributed by atoms with Crippen LogP contribution in [0.1, 0.15) is 48.3 Å². The fourth-order valence-electron chi connectivity index (χ4n) is 4.69. The molecule has 160 valence electrons. The molecule has 0 spiro atoms. The van der Waals surface area contributed by atoms with Crippen LogP contribution in [0.15, 0.2) is 42.7 Å². The van der Waals surface area contributed by atoms with Gasteiger partial charge in [0.25, 0.3) is 5.91 Å². The van der Waals surface area contributed by atoms with Gasteiger partial charge in [0.2, 0.25) is 5.91 Å². The van der Waals surface area contributed by atoms with Crippen molar-refractivity contribution in [2.24, 2.45) is 5.92 Å². The minimum atomic E-state index is -0.0871. The summed E-state index contributed by atoms with van der Waals surface area (Å²) in [4.78, 5) is 36.0. The molecule has 1 saturated heterocycles. The predicted octanol–water partition coefficient (Wildman–Crippen LogP) is 3.65.